The van der Waals surface area contributed by atoms with Crippen molar-refractivity contribution in [3.63, 3.8) is 0 Å². The topological polar surface area (TPSA) is 95.9 Å². The summed E-state index contributed by atoms with van der Waals surface area (Å²) in [5.41, 5.74) is 0. The van der Waals surface area contributed by atoms with Crippen LogP contribution in [-0.4, -0.2) is 47.4 Å². The number of hydrogen-bond donors (Lipinski definition) is 3. The molecule has 0 rings (SSSR count). The smallest absolute Gasteiger partial charge is 0.305 e. The number of carbonyl (C=O) groups is 2. The lowest BCUT2D eigenvalue weighted by Crippen LogP contribution is -2.45. The Morgan fingerprint density at radius 1 is 0.303 bits per heavy atom. The molecule has 0 radical (unpaired) electrons. The second-order valence-electron chi connectivity index (χ2n) is 28.8. The van der Waals surface area contributed by atoms with Crippen molar-refractivity contribution in [3.05, 3.63) is 12.2 Å². The van der Waals surface area contributed by atoms with E-state index in [2.05, 4.69) is 31.3 Å². The van der Waals surface area contributed by atoms with Crippen LogP contribution in [0.3, 0.4) is 0 Å². The van der Waals surface area contributed by atoms with E-state index in [0.29, 0.717) is 25.9 Å². The van der Waals surface area contributed by atoms with Crippen LogP contribution in [0.2, 0.25) is 0 Å². The Labute approximate surface area is 559 Å². The Kier molecular flexibility index (Phi) is 77.8. The van der Waals surface area contributed by atoms with E-state index in [-0.39, 0.29) is 18.5 Å². The van der Waals surface area contributed by atoms with Gasteiger partial charge in [-0.25, -0.2) is 0 Å². The summed E-state index contributed by atoms with van der Waals surface area (Å²) in [5, 5.41) is 23.5. The maximum Gasteiger partial charge on any atom is 0.305 e. The first kappa shape index (κ1) is 87.6. The van der Waals surface area contributed by atoms with Crippen LogP contribution in [0, 0.1) is 0 Å². The highest BCUT2D eigenvalue weighted by molar-refractivity contribution is 5.76. The van der Waals surface area contributed by atoms with Gasteiger partial charge in [-0.2, -0.15) is 0 Å². The molecule has 0 aliphatic heterocycles. The first-order valence-corrected chi connectivity index (χ1v) is 41.4. The number of hydrogen-bond acceptors (Lipinski definition) is 5. The van der Waals surface area contributed by atoms with Gasteiger partial charge in [-0.05, 0) is 51.4 Å². The van der Waals surface area contributed by atoms with Crippen molar-refractivity contribution in [2.45, 2.75) is 495 Å². The van der Waals surface area contributed by atoms with Crippen LogP contribution in [0.15, 0.2) is 12.2 Å². The number of nitrogens with one attached hydrogen (secondary N) is 1. The third kappa shape index (κ3) is 75.5. The first-order chi connectivity index (χ1) is 44.0. The number of esters is 1. The average Bonchev–Trinajstić information content (AvgIpc) is 3.65. The summed E-state index contributed by atoms with van der Waals surface area (Å²) in [5.74, 6) is -0.00858. The lowest BCUT2D eigenvalue weighted by molar-refractivity contribution is -0.143. The zero-order valence-corrected chi connectivity index (χ0v) is 61.0. The maximum atomic E-state index is 12.6. The second kappa shape index (κ2) is 79.0. The van der Waals surface area contributed by atoms with Crippen LogP contribution in [-0.2, 0) is 14.3 Å². The van der Waals surface area contributed by atoms with Crippen molar-refractivity contribution < 1.29 is 24.5 Å². The molecule has 1 amide bonds. The lowest BCUT2D eigenvalue weighted by Gasteiger charge is -2.22. The molecule has 530 valence electrons. The van der Waals surface area contributed by atoms with E-state index in [0.717, 1.165) is 44.9 Å². The molecule has 0 spiro atoms. The zero-order chi connectivity index (χ0) is 64.2. The third-order valence-electron chi connectivity index (χ3n) is 19.8. The van der Waals surface area contributed by atoms with Crippen LogP contribution < -0.4 is 5.32 Å². The van der Waals surface area contributed by atoms with E-state index in [4.69, 9.17) is 4.74 Å². The van der Waals surface area contributed by atoms with E-state index in [1.165, 1.54) is 405 Å². The number of aliphatic hydroxyl groups is 2. The normalized spacial score (nSPS) is 12.4. The van der Waals surface area contributed by atoms with Gasteiger partial charge < -0.3 is 20.3 Å². The molecule has 2 unspecified atom stereocenters. The Morgan fingerprint density at radius 2 is 0.528 bits per heavy atom. The van der Waals surface area contributed by atoms with Gasteiger partial charge in [0.2, 0.25) is 5.91 Å². The predicted octanol–water partition coefficient (Wildman–Crippen LogP) is 27.4. The number of carbonyl (C=O) groups excluding carboxylic acids is 2. The molecule has 0 fully saturated rings. The highest BCUT2D eigenvalue weighted by Crippen LogP contribution is 2.21. The molecule has 0 saturated carbocycles. The summed E-state index contributed by atoms with van der Waals surface area (Å²) in [6.45, 7) is 4.99. The largest absolute Gasteiger partial charge is 0.466 e. The van der Waals surface area contributed by atoms with Gasteiger partial charge in [0, 0.05) is 12.8 Å². The minimum atomic E-state index is -0.661. The van der Waals surface area contributed by atoms with Gasteiger partial charge in [0.15, 0.2) is 0 Å². The summed E-state index contributed by atoms with van der Waals surface area (Å²) in [6, 6.07) is -0.538. The van der Waals surface area contributed by atoms with Crippen molar-refractivity contribution in [2.75, 3.05) is 13.2 Å². The Hall–Kier alpha value is -1.40. The van der Waals surface area contributed by atoms with Crippen LogP contribution in [0.4, 0.5) is 0 Å². The minimum Gasteiger partial charge on any atom is -0.466 e. The van der Waals surface area contributed by atoms with E-state index in [1.54, 1.807) is 0 Å². The maximum absolute atomic E-state index is 12.6. The van der Waals surface area contributed by atoms with Crippen molar-refractivity contribution in [1.82, 2.24) is 5.32 Å². The summed E-state index contributed by atoms with van der Waals surface area (Å²) < 4.78 is 5.48. The zero-order valence-electron chi connectivity index (χ0n) is 61.0. The second-order valence-corrected chi connectivity index (χ2v) is 28.8. The molecular formula is C83H163NO5. The number of unbranched alkanes of at least 4 members (excludes halogenated alkanes) is 66. The molecule has 0 aromatic carbocycles. The molecule has 0 heterocycles. The monoisotopic (exact) mass is 1250 g/mol. The molecule has 0 aromatic heterocycles. The fourth-order valence-electron chi connectivity index (χ4n) is 13.5. The number of amides is 1. The van der Waals surface area contributed by atoms with Gasteiger partial charge in [-0.3, -0.25) is 9.59 Å². The summed E-state index contributed by atoms with van der Waals surface area (Å²) in [6.07, 6.45) is 100. The van der Waals surface area contributed by atoms with Crippen molar-refractivity contribution in [1.29, 1.82) is 0 Å². The van der Waals surface area contributed by atoms with Crippen molar-refractivity contribution >= 4 is 11.9 Å². The van der Waals surface area contributed by atoms with Gasteiger partial charge in [0.1, 0.15) is 0 Å². The van der Waals surface area contributed by atoms with E-state index in [9.17, 15) is 19.8 Å². The lowest BCUT2D eigenvalue weighted by atomic mass is 10.0. The molecule has 6 nitrogen and oxygen atoms in total. The van der Waals surface area contributed by atoms with Crippen LogP contribution >= 0.6 is 0 Å². The number of ether oxygens (including phenoxy) is 1. The summed E-state index contributed by atoms with van der Waals surface area (Å²) in [4.78, 5) is 24.6. The predicted molar refractivity (Wildman–Crippen MR) is 394 cm³/mol. The highest BCUT2D eigenvalue weighted by Gasteiger charge is 2.20. The standard InChI is InChI=1S/C83H163NO5/c1-3-5-7-9-11-13-15-17-18-19-20-21-37-40-43-46-49-52-55-59-63-67-71-75-81(86)80(79-85)84-82(87)76-72-68-64-60-56-53-50-47-44-41-38-35-33-31-29-27-25-23-22-24-26-28-30-32-34-36-39-42-45-48-51-54-58-62-66-70-74-78-89-83(88)77-73-69-65-61-57-16-14-12-10-8-6-4-2/h12,14,80-81,85-86H,3-11,13,15-79H2,1-2H3,(H,84,87)/b14-12-. The molecular weight excluding hydrogens is 1090 g/mol. The number of allylic oxidation sites excluding steroid dienone is 2. The molecule has 0 aliphatic rings. The SMILES string of the molecule is CCCCC/C=C\CCCCCCCC(=O)OCCCCCCCCCCCCCCCCCCCCCCCCCCCCCCCCCCCCCCCC(=O)NC(CO)C(O)CCCCCCCCCCCCCCCCCCCCCCCCC. The molecule has 0 aromatic rings. The van der Waals surface area contributed by atoms with Gasteiger partial charge in [0.25, 0.3) is 0 Å². The average molecular weight is 1260 g/mol. The molecule has 0 saturated heterocycles. The van der Waals surface area contributed by atoms with Crippen LogP contribution in [0.25, 0.3) is 0 Å². The third-order valence-corrected chi connectivity index (χ3v) is 19.8. The number of rotatable bonds is 79. The minimum absolute atomic E-state index is 0.0143. The first-order valence-electron chi connectivity index (χ1n) is 41.4. The number of aliphatic hydroxyl groups excluding tert-OH is 2. The fourth-order valence-corrected chi connectivity index (χ4v) is 13.5. The van der Waals surface area contributed by atoms with Crippen LogP contribution in [0.1, 0.15) is 483 Å². The Balaban J connectivity index is 3.31. The fraction of sp³-hybridized carbons (Fsp3) is 0.952. The van der Waals surface area contributed by atoms with E-state index < -0.39 is 12.1 Å². The highest BCUT2D eigenvalue weighted by atomic mass is 16.5. The van der Waals surface area contributed by atoms with E-state index >= 15 is 0 Å². The molecule has 0 bridgehead atoms. The van der Waals surface area contributed by atoms with Crippen LogP contribution in [0.5, 0.6) is 0 Å². The molecule has 6 heteroatoms. The Bertz CT molecular complexity index is 1350. The quantitative estimate of drug-likeness (QED) is 0.0320. The van der Waals surface area contributed by atoms with Gasteiger partial charge in [-0.15, -0.1) is 0 Å². The summed E-state index contributed by atoms with van der Waals surface area (Å²) >= 11 is 0. The molecule has 2 atom stereocenters. The van der Waals surface area contributed by atoms with Crippen molar-refractivity contribution in [2.24, 2.45) is 0 Å². The molecule has 3 N–H and O–H groups in total. The van der Waals surface area contributed by atoms with Gasteiger partial charge in [-0.1, -0.05) is 431 Å². The van der Waals surface area contributed by atoms with Gasteiger partial charge in [0.05, 0.1) is 25.4 Å². The Morgan fingerprint density at radius 3 is 0.820 bits per heavy atom. The van der Waals surface area contributed by atoms with Crippen molar-refractivity contribution in [3.8, 4) is 0 Å². The van der Waals surface area contributed by atoms with E-state index in [1.807, 2.05) is 0 Å². The molecule has 89 heavy (non-hydrogen) atoms. The summed E-state index contributed by atoms with van der Waals surface area (Å²) in [7, 11) is 0. The van der Waals surface area contributed by atoms with Gasteiger partial charge >= 0.3 is 5.97 Å². The molecule has 0 aliphatic carbocycles.